The number of carbonyl (C=O) groups is 1. The predicted molar refractivity (Wildman–Crippen MR) is 66.6 cm³/mol. The first-order valence-electron chi connectivity index (χ1n) is 5.95. The minimum Gasteiger partial charge on any atom is -0.484 e. The molecule has 20 heavy (non-hydrogen) atoms. The van der Waals surface area contributed by atoms with Gasteiger partial charge in [-0.1, -0.05) is 18.2 Å². The van der Waals surface area contributed by atoms with Crippen LogP contribution in [0.4, 0.5) is 13.2 Å². The topological polar surface area (TPSA) is 47.6 Å². The molecule has 4 nitrogen and oxygen atoms in total. The first-order chi connectivity index (χ1) is 9.42. The van der Waals surface area contributed by atoms with Crippen molar-refractivity contribution < 1.29 is 27.4 Å². The first-order valence-corrected chi connectivity index (χ1v) is 5.95. The van der Waals surface area contributed by atoms with Crippen molar-refractivity contribution >= 4 is 5.91 Å². The molecule has 1 N–H and O–H groups in total. The van der Waals surface area contributed by atoms with Crippen LogP contribution >= 0.6 is 0 Å². The summed E-state index contributed by atoms with van der Waals surface area (Å²) in [6.07, 6.45) is -4.00. The van der Waals surface area contributed by atoms with Crippen LogP contribution in [0, 0.1) is 0 Å². The summed E-state index contributed by atoms with van der Waals surface area (Å²) in [4.78, 5) is 11.2. The van der Waals surface area contributed by atoms with E-state index in [1.54, 1.807) is 18.2 Å². The van der Waals surface area contributed by atoms with Crippen LogP contribution in [0.1, 0.15) is 5.56 Å². The zero-order valence-corrected chi connectivity index (χ0v) is 11.0. The van der Waals surface area contributed by atoms with Gasteiger partial charge in [0, 0.05) is 13.7 Å². The fraction of sp³-hybridized carbons (Fsp3) is 0.462. The smallest absolute Gasteiger partial charge is 0.422 e. The van der Waals surface area contributed by atoms with E-state index in [0.29, 0.717) is 18.5 Å². The van der Waals surface area contributed by atoms with Crippen molar-refractivity contribution in [3.8, 4) is 5.75 Å². The number of para-hydroxylation sites is 1. The summed E-state index contributed by atoms with van der Waals surface area (Å²) >= 11 is 0. The highest BCUT2D eigenvalue weighted by Crippen LogP contribution is 2.22. The molecule has 112 valence electrons. The number of amides is 1. The number of hydrogen-bond donors (Lipinski definition) is 1. The second-order valence-electron chi connectivity index (χ2n) is 4.04. The Hall–Kier alpha value is -1.76. The monoisotopic (exact) mass is 291 g/mol. The van der Waals surface area contributed by atoms with Crippen LogP contribution in [0.3, 0.4) is 0 Å². The Morgan fingerprint density at radius 1 is 1.30 bits per heavy atom. The average molecular weight is 291 g/mol. The van der Waals surface area contributed by atoms with Gasteiger partial charge < -0.3 is 14.8 Å². The maximum absolute atomic E-state index is 12.1. The summed E-state index contributed by atoms with van der Waals surface area (Å²) in [5, 5.41) is 2.59. The Kier molecular flexibility index (Phi) is 6.30. The van der Waals surface area contributed by atoms with Gasteiger partial charge in [-0.25, -0.2) is 0 Å². The van der Waals surface area contributed by atoms with E-state index < -0.39 is 12.8 Å². The molecular formula is C13H16F3NO3. The summed E-state index contributed by atoms with van der Waals surface area (Å²) in [5.74, 6) is -0.105. The van der Waals surface area contributed by atoms with Gasteiger partial charge in [0.25, 0.3) is 0 Å². The molecule has 0 heterocycles. The van der Waals surface area contributed by atoms with Gasteiger partial charge in [0.1, 0.15) is 12.4 Å². The Morgan fingerprint density at radius 3 is 2.65 bits per heavy atom. The van der Waals surface area contributed by atoms with E-state index >= 15 is 0 Å². The van der Waals surface area contributed by atoms with Gasteiger partial charge in [0.05, 0.1) is 0 Å². The summed E-state index contributed by atoms with van der Waals surface area (Å²) in [7, 11) is 1.40. The lowest BCUT2D eigenvalue weighted by Gasteiger charge is -2.13. The zero-order chi connectivity index (χ0) is 15.0. The summed E-state index contributed by atoms with van der Waals surface area (Å²) in [6.45, 7) is -1.08. The van der Waals surface area contributed by atoms with Crippen molar-refractivity contribution in [2.45, 2.75) is 12.6 Å². The molecule has 1 aromatic rings. The van der Waals surface area contributed by atoms with Gasteiger partial charge >= 0.3 is 6.18 Å². The number of benzene rings is 1. The molecule has 0 aliphatic rings. The fourth-order valence-electron chi connectivity index (χ4n) is 1.53. The molecule has 0 spiro atoms. The third-order valence-corrected chi connectivity index (χ3v) is 2.36. The molecule has 0 aliphatic heterocycles. The molecule has 1 aromatic carbocycles. The lowest BCUT2D eigenvalue weighted by atomic mass is 10.1. The van der Waals surface area contributed by atoms with E-state index in [1.165, 1.54) is 13.2 Å². The number of halogens is 3. The van der Waals surface area contributed by atoms with Crippen LogP contribution in [0.5, 0.6) is 5.75 Å². The normalized spacial score (nSPS) is 11.2. The molecule has 0 fully saturated rings. The molecule has 0 bridgehead atoms. The number of hydrogen-bond acceptors (Lipinski definition) is 3. The van der Waals surface area contributed by atoms with E-state index in [9.17, 15) is 18.0 Å². The van der Waals surface area contributed by atoms with Crippen molar-refractivity contribution in [2.75, 3.05) is 26.9 Å². The number of carbonyl (C=O) groups excluding carboxylic acids is 1. The third-order valence-electron chi connectivity index (χ3n) is 2.36. The SMILES string of the molecule is COCC(=O)NCCc1ccccc1OCC(F)(F)F. The van der Waals surface area contributed by atoms with E-state index in [1.807, 2.05) is 0 Å². The molecule has 0 atom stereocenters. The minimum atomic E-state index is -4.38. The number of alkyl halides is 3. The Morgan fingerprint density at radius 2 is 2.00 bits per heavy atom. The molecule has 0 saturated heterocycles. The van der Waals surface area contributed by atoms with Gasteiger partial charge in [0.15, 0.2) is 6.61 Å². The number of ether oxygens (including phenoxy) is 2. The van der Waals surface area contributed by atoms with Crippen LogP contribution in [-0.2, 0) is 16.0 Å². The second-order valence-corrected chi connectivity index (χ2v) is 4.04. The quantitative estimate of drug-likeness (QED) is 0.835. The summed E-state index contributed by atoms with van der Waals surface area (Å²) in [6, 6.07) is 6.43. The molecule has 1 rings (SSSR count). The van der Waals surface area contributed by atoms with Gasteiger partial charge in [-0.2, -0.15) is 13.2 Å². The molecule has 7 heteroatoms. The molecule has 0 aromatic heterocycles. The lowest BCUT2D eigenvalue weighted by Crippen LogP contribution is -2.29. The van der Waals surface area contributed by atoms with E-state index in [-0.39, 0.29) is 18.3 Å². The van der Waals surface area contributed by atoms with Crippen LogP contribution in [-0.4, -0.2) is 39.0 Å². The molecule has 0 radical (unpaired) electrons. The number of rotatable bonds is 7. The highest BCUT2D eigenvalue weighted by Gasteiger charge is 2.28. The third kappa shape index (κ3) is 6.42. The van der Waals surface area contributed by atoms with Gasteiger partial charge in [-0.3, -0.25) is 4.79 Å². The van der Waals surface area contributed by atoms with Crippen molar-refractivity contribution in [3.63, 3.8) is 0 Å². The highest BCUT2D eigenvalue weighted by molar-refractivity contribution is 5.77. The van der Waals surface area contributed by atoms with Crippen molar-refractivity contribution in [1.82, 2.24) is 5.32 Å². The zero-order valence-electron chi connectivity index (χ0n) is 11.0. The molecule has 0 unspecified atom stereocenters. The summed E-state index contributed by atoms with van der Waals surface area (Å²) in [5.41, 5.74) is 0.606. The average Bonchev–Trinajstić information content (AvgIpc) is 2.37. The van der Waals surface area contributed by atoms with Crippen LogP contribution in [0.25, 0.3) is 0 Å². The molecule has 1 amide bonds. The molecule has 0 aliphatic carbocycles. The van der Waals surface area contributed by atoms with Gasteiger partial charge in [-0.15, -0.1) is 0 Å². The van der Waals surface area contributed by atoms with Crippen LogP contribution < -0.4 is 10.1 Å². The van der Waals surface area contributed by atoms with Crippen molar-refractivity contribution in [3.05, 3.63) is 29.8 Å². The lowest BCUT2D eigenvalue weighted by molar-refractivity contribution is -0.153. The molecular weight excluding hydrogens is 275 g/mol. The molecule has 0 saturated carbocycles. The van der Waals surface area contributed by atoms with E-state index in [4.69, 9.17) is 4.74 Å². The highest BCUT2D eigenvalue weighted by atomic mass is 19.4. The first kappa shape index (κ1) is 16.3. The van der Waals surface area contributed by atoms with Gasteiger partial charge in [-0.05, 0) is 18.1 Å². The Bertz CT molecular complexity index is 435. The van der Waals surface area contributed by atoms with Crippen LogP contribution in [0.15, 0.2) is 24.3 Å². The summed E-state index contributed by atoms with van der Waals surface area (Å²) < 4.78 is 45.7. The van der Waals surface area contributed by atoms with Crippen molar-refractivity contribution in [2.24, 2.45) is 0 Å². The predicted octanol–water partition coefficient (Wildman–Crippen LogP) is 1.93. The maximum Gasteiger partial charge on any atom is 0.422 e. The minimum absolute atomic E-state index is 0.0494. The van der Waals surface area contributed by atoms with Crippen LogP contribution in [0.2, 0.25) is 0 Å². The Balaban J connectivity index is 2.51. The maximum atomic E-state index is 12.1. The van der Waals surface area contributed by atoms with Gasteiger partial charge in [0.2, 0.25) is 5.91 Å². The number of methoxy groups -OCH3 is 1. The standard InChI is InChI=1S/C13H16F3NO3/c1-19-8-12(18)17-7-6-10-4-2-3-5-11(10)20-9-13(14,15)16/h2-5H,6-9H2,1H3,(H,17,18). The Labute approximate surface area is 114 Å². The number of nitrogens with one attached hydrogen (secondary N) is 1. The van der Waals surface area contributed by atoms with E-state index in [2.05, 4.69) is 10.1 Å². The van der Waals surface area contributed by atoms with E-state index in [0.717, 1.165) is 0 Å². The largest absolute Gasteiger partial charge is 0.484 e. The fourth-order valence-corrected chi connectivity index (χ4v) is 1.53. The second kappa shape index (κ2) is 7.74. The van der Waals surface area contributed by atoms with Crippen molar-refractivity contribution in [1.29, 1.82) is 0 Å².